The van der Waals surface area contributed by atoms with Crippen LogP contribution in [0.1, 0.15) is 12.5 Å². The Kier molecular flexibility index (Phi) is 9.34. The number of urea groups is 2. The van der Waals surface area contributed by atoms with Crippen molar-refractivity contribution in [2.45, 2.75) is 37.8 Å². The highest BCUT2D eigenvalue weighted by Crippen LogP contribution is 2.35. The number of allylic oxidation sites excluding steroid dienone is 3. The van der Waals surface area contributed by atoms with Gasteiger partial charge < -0.3 is 21.1 Å². The van der Waals surface area contributed by atoms with Gasteiger partial charge in [-0.15, -0.1) is 0 Å². The minimum absolute atomic E-state index is 0.212. The summed E-state index contributed by atoms with van der Waals surface area (Å²) in [5.41, 5.74) is 6.65. The lowest BCUT2D eigenvalue weighted by molar-refractivity contribution is 0.103. The van der Waals surface area contributed by atoms with Crippen LogP contribution in [0.4, 0.5) is 24.2 Å². The van der Waals surface area contributed by atoms with Gasteiger partial charge in [0.05, 0.1) is 30.6 Å². The number of alkyl halides is 2. The van der Waals surface area contributed by atoms with E-state index in [4.69, 9.17) is 15.6 Å². The van der Waals surface area contributed by atoms with E-state index >= 15 is 4.39 Å². The molecule has 5 N–H and O–H groups in total. The second-order valence-corrected chi connectivity index (χ2v) is 11.6. The molecule has 1 aliphatic heterocycles. The average molecular weight is 624 g/mol. The number of hydrogen-bond acceptors (Lipinski definition) is 6. The Bertz CT molecular complexity index is 1580. The second kappa shape index (κ2) is 13.2. The largest absolute Gasteiger partial charge is 0.383 e. The Balaban J connectivity index is 1.43. The minimum atomic E-state index is -2.19. The molecule has 240 valence electrons. The van der Waals surface area contributed by atoms with Crippen molar-refractivity contribution in [2.75, 3.05) is 38.7 Å². The van der Waals surface area contributed by atoms with Crippen LogP contribution in [0.25, 0.3) is 16.9 Å². The molecule has 1 saturated heterocycles. The number of primary amides is 1. The maximum atomic E-state index is 15.1. The van der Waals surface area contributed by atoms with E-state index in [1.165, 1.54) is 19.1 Å². The Labute approximate surface area is 260 Å². The first-order valence-electron chi connectivity index (χ1n) is 14.7. The van der Waals surface area contributed by atoms with Crippen molar-refractivity contribution in [1.82, 2.24) is 35.1 Å². The predicted molar refractivity (Wildman–Crippen MR) is 166 cm³/mol. The number of aromatic nitrogens is 4. The summed E-state index contributed by atoms with van der Waals surface area (Å²) in [6.07, 6.45) is 5.86. The summed E-state index contributed by atoms with van der Waals surface area (Å²) in [5, 5.41) is 17.8. The lowest BCUT2D eigenvalue weighted by atomic mass is 9.85. The number of likely N-dealkylation sites (tertiary alicyclic amines) is 1. The Morgan fingerprint density at radius 3 is 2.64 bits per heavy atom. The summed E-state index contributed by atoms with van der Waals surface area (Å²) >= 11 is 0. The fourth-order valence-electron chi connectivity index (χ4n) is 5.92. The summed E-state index contributed by atoms with van der Waals surface area (Å²) in [7, 11) is 3.37. The highest BCUT2D eigenvalue weighted by Gasteiger charge is 2.42. The van der Waals surface area contributed by atoms with Crippen LogP contribution in [-0.4, -0.2) is 93.8 Å². The molecule has 5 atom stereocenters. The van der Waals surface area contributed by atoms with E-state index in [2.05, 4.69) is 21.0 Å². The number of aryl methyl sites for hydroxylation is 1. The van der Waals surface area contributed by atoms with Crippen molar-refractivity contribution in [3.8, 4) is 16.9 Å². The van der Waals surface area contributed by atoms with Gasteiger partial charge in [0.2, 0.25) is 0 Å². The molecule has 45 heavy (non-hydrogen) atoms. The molecule has 0 saturated carbocycles. The number of rotatable bonds is 10. The van der Waals surface area contributed by atoms with Crippen LogP contribution in [0.2, 0.25) is 0 Å². The normalized spacial score (nSPS) is 23.9. The summed E-state index contributed by atoms with van der Waals surface area (Å²) in [6, 6.07) is 7.50. The molecule has 4 amide bonds. The van der Waals surface area contributed by atoms with E-state index in [1.807, 2.05) is 55.4 Å². The SMILES string of the molecule is COCC(CNC(N)=O)N1C[C@@H](NC(=O)Nc2c(C)c(-c3cnn(C)c3)nn2-c2ccccc2)[C@H](C2=CC(C)(F)C(F)C=C2)C1. The fraction of sp³-hybridized carbons (Fsp3) is 0.419. The van der Waals surface area contributed by atoms with Gasteiger partial charge in [-0.05, 0) is 43.7 Å². The maximum Gasteiger partial charge on any atom is 0.320 e. The number of carbonyl (C=O) groups is 2. The number of benzene rings is 1. The van der Waals surface area contributed by atoms with Gasteiger partial charge >= 0.3 is 12.1 Å². The summed E-state index contributed by atoms with van der Waals surface area (Å²) in [4.78, 5) is 27.2. The molecule has 14 heteroatoms. The monoisotopic (exact) mass is 623 g/mol. The zero-order valence-corrected chi connectivity index (χ0v) is 25.7. The van der Waals surface area contributed by atoms with Crippen LogP contribution in [0.15, 0.2) is 66.5 Å². The summed E-state index contributed by atoms with van der Waals surface area (Å²) in [5.74, 6) is 0.0915. The molecule has 2 aliphatic rings. The zero-order valence-electron chi connectivity index (χ0n) is 25.7. The van der Waals surface area contributed by atoms with Gasteiger partial charge in [-0.2, -0.15) is 10.2 Å². The number of carbonyl (C=O) groups excluding carboxylic acids is 2. The number of para-hydroxylation sites is 1. The number of nitrogens with two attached hydrogens (primary N) is 1. The number of amides is 4. The number of methoxy groups -OCH3 is 1. The quantitative estimate of drug-likeness (QED) is 0.273. The van der Waals surface area contributed by atoms with Gasteiger partial charge in [-0.1, -0.05) is 24.3 Å². The molecular weight excluding hydrogens is 584 g/mol. The molecule has 1 aromatic carbocycles. The van der Waals surface area contributed by atoms with Crippen molar-refractivity contribution in [2.24, 2.45) is 18.7 Å². The molecule has 0 spiro atoms. The van der Waals surface area contributed by atoms with Crippen molar-refractivity contribution < 1.29 is 23.1 Å². The lowest BCUT2D eigenvalue weighted by Crippen LogP contribution is -2.48. The number of hydrogen-bond donors (Lipinski definition) is 4. The van der Waals surface area contributed by atoms with Crippen molar-refractivity contribution in [3.05, 3.63) is 72.1 Å². The third-order valence-electron chi connectivity index (χ3n) is 8.26. The predicted octanol–water partition coefficient (Wildman–Crippen LogP) is 3.25. The molecule has 2 aromatic heterocycles. The average Bonchev–Trinajstić information content (AvgIpc) is 3.70. The smallest absolute Gasteiger partial charge is 0.320 e. The Hall–Kier alpha value is -4.56. The van der Waals surface area contributed by atoms with E-state index in [1.54, 1.807) is 28.7 Å². The maximum absolute atomic E-state index is 15.1. The number of halogens is 2. The molecule has 3 aromatic rings. The van der Waals surface area contributed by atoms with Crippen LogP contribution in [0.3, 0.4) is 0 Å². The first kappa shape index (κ1) is 31.9. The third-order valence-corrected chi connectivity index (χ3v) is 8.26. The third kappa shape index (κ3) is 7.07. The van der Waals surface area contributed by atoms with Crippen molar-refractivity contribution in [3.63, 3.8) is 0 Å². The van der Waals surface area contributed by atoms with E-state index in [9.17, 15) is 14.0 Å². The summed E-state index contributed by atoms with van der Waals surface area (Å²) in [6.45, 7) is 4.32. The molecular formula is C31H39F2N9O3. The lowest BCUT2D eigenvalue weighted by Gasteiger charge is -2.29. The van der Waals surface area contributed by atoms with Gasteiger partial charge in [-0.3, -0.25) is 14.9 Å². The highest BCUT2D eigenvalue weighted by molar-refractivity contribution is 5.91. The topological polar surface area (TPSA) is 144 Å². The van der Waals surface area contributed by atoms with E-state index in [0.717, 1.165) is 16.8 Å². The van der Waals surface area contributed by atoms with Crippen LogP contribution in [0.5, 0.6) is 0 Å². The molecule has 0 radical (unpaired) electrons. The molecule has 3 heterocycles. The minimum Gasteiger partial charge on any atom is -0.383 e. The Morgan fingerprint density at radius 2 is 2.00 bits per heavy atom. The van der Waals surface area contributed by atoms with Gasteiger partial charge in [0.15, 0.2) is 11.8 Å². The molecule has 3 unspecified atom stereocenters. The molecule has 0 bridgehead atoms. The Morgan fingerprint density at radius 1 is 1.24 bits per heavy atom. The summed E-state index contributed by atoms with van der Waals surface area (Å²) < 4.78 is 38.2. The van der Waals surface area contributed by atoms with Crippen molar-refractivity contribution >= 4 is 17.9 Å². The molecule has 12 nitrogen and oxygen atoms in total. The van der Waals surface area contributed by atoms with E-state index in [0.29, 0.717) is 30.2 Å². The second-order valence-electron chi connectivity index (χ2n) is 11.6. The number of ether oxygens (including phenoxy) is 1. The number of nitrogens with zero attached hydrogens (tertiary/aromatic N) is 5. The van der Waals surface area contributed by atoms with Crippen LogP contribution < -0.4 is 21.7 Å². The van der Waals surface area contributed by atoms with Gasteiger partial charge in [0.1, 0.15) is 11.5 Å². The van der Waals surface area contributed by atoms with E-state index in [-0.39, 0.29) is 25.1 Å². The molecule has 1 aliphatic carbocycles. The van der Waals surface area contributed by atoms with E-state index < -0.39 is 29.9 Å². The van der Waals surface area contributed by atoms with Crippen LogP contribution in [-0.2, 0) is 11.8 Å². The highest BCUT2D eigenvalue weighted by atomic mass is 19.2. The standard InChI is InChI=1S/C31H39F2N9O3/c1-19-27(21-13-36-40(3)15-21)39-42(22-8-6-5-7-9-22)28(19)38-30(44)37-25-17-41(23(18-45-4)14-35-29(34)43)16-24(25)20-10-11-26(32)31(2,33)12-20/h5-13,15,23-26H,14,16-18H2,1-4H3,(H3,34,35,43)(H2,37,38,44)/t23?,24-,25+,26?,31?/m0/s1. The van der Waals surface area contributed by atoms with Crippen LogP contribution in [0, 0.1) is 12.8 Å². The first-order chi connectivity index (χ1) is 21.5. The van der Waals surface area contributed by atoms with Crippen molar-refractivity contribution in [1.29, 1.82) is 0 Å². The van der Waals surface area contributed by atoms with Gasteiger partial charge in [0, 0.05) is 57.0 Å². The fourth-order valence-corrected chi connectivity index (χ4v) is 5.92. The zero-order chi connectivity index (χ0) is 32.3. The van der Waals surface area contributed by atoms with Crippen LogP contribution >= 0.6 is 0 Å². The number of nitrogens with one attached hydrogen (secondary N) is 3. The first-order valence-corrected chi connectivity index (χ1v) is 14.7. The van der Waals surface area contributed by atoms with Gasteiger partial charge in [0.25, 0.3) is 0 Å². The number of anilines is 1. The van der Waals surface area contributed by atoms with Gasteiger partial charge in [-0.25, -0.2) is 23.1 Å². The molecule has 5 rings (SSSR count). The molecule has 1 fully saturated rings.